The van der Waals surface area contributed by atoms with Gasteiger partial charge in [0, 0.05) is 92.2 Å². The van der Waals surface area contributed by atoms with Gasteiger partial charge in [-0.25, -0.2) is 0 Å². The zero-order chi connectivity index (χ0) is 53.6. The van der Waals surface area contributed by atoms with Crippen molar-refractivity contribution >= 4 is 150 Å². The fourth-order valence-electron chi connectivity index (χ4n) is 13.5. The molecule has 378 valence electrons. The van der Waals surface area contributed by atoms with Crippen molar-refractivity contribution in [3.63, 3.8) is 0 Å². The molecule has 18 aromatic rings. The van der Waals surface area contributed by atoms with Crippen molar-refractivity contribution in [2.75, 3.05) is 0 Å². The highest BCUT2D eigenvalue weighted by molar-refractivity contribution is 7.26. The van der Waals surface area contributed by atoms with Crippen molar-refractivity contribution in [1.29, 1.82) is 0 Å². The van der Waals surface area contributed by atoms with Gasteiger partial charge in [-0.05, 0) is 142 Å². The molecule has 0 radical (unpaired) electrons. The summed E-state index contributed by atoms with van der Waals surface area (Å²) in [5.41, 5.74) is 15.5. The summed E-state index contributed by atoms with van der Waals surface area (Å²) in [6.45, 7) is 0. The highest BCUT2D eigenvalue weighted by Crippen LogP contribution is 2.47. The van der Waals surface area contributed by atoms with Crippen molar-refractivity contribution in [3.8, 4) is 55.6 Å². The predicted molar refractivity (Wildman–Crippen MR) is 351 cm³/mol. The van der Waals surface area contributed by atoms with E-state index < -0.39 is 0 Å². The van der Waals surface area contributed by atoms with Crippen molar-refractivity contribution in [2.45, 2.75) is 0 Å². The van der Waals surface area contributed by atoms with Gasteiger partial charge in [-0.2, -0.15) is 0 Å². The summed E-state index contributed by atoms with van der Waals surface area (Å²) < 4.78 is 5.22. The molecule has 0 saturated carbocycles. The number of nitrogens with zero attached hydrogens (tertiary/aromatic N) is 4. The molecule has 0 spiro atoms. The molecule has 0 aliphatic heterocycles. The molecule has 4 aromatic heterocycles. The van der Waals surface area contributed by atoms with E-state index in [0.29, 0.717) is 0 Å². The van der Waals surface area contributed by atoms with Crippen LogP contribution in [0, 0.1) is 0 Å². The Morgan fingerprint density at radius 2 is 0.610 bits per heavy atom. The van der Waals surface area contributed by atoms with Gasteiger partial charge in [0.2, 0.25) is 0 Å². The van der Waals surface area contributed by atoms with Crippen molar-refractivity contribution in [3.05, 3.63) is 255 Å². The second-order valence-corrected chi connectivity index (χ2v) is 23.7. The molecular formula is C76H42N4S2. The molecule has 0 saturated heterocycles. The second kappa shape index (κ2) is 17.6. The third-order valence-electron chi connectivity index (χ3n) is 17.2. The Kier molecular flexibility index (Phi) is 9.80. The zero-order valence-corrected chi connectivity index (χ0v) is 45.5. The molecule has 82 heavy (non-hydrogen) atoms. The Bertz CT molecular complexity index is 5760. The van der Waals surface area contributed by atoms with E-state index in [-0.39, 0.29) is 0 Å². The van der Waals surface area contributed by atoms with E-state index in [1.54, 1.807) is 12.4 Å². The van der Waals surface area contributed by atoms with Crippen LogP contribution in [0.1, 0.15) is 0 Å². The molecule has 0 bridgehead atoms. The predicted octanol–water partition coefficient (Wildman–Crippen LogP) is 21.6. The summed E-state index contributed by atoms with van der Waals surface area (Å²) in [6.07, 6.45) is 7.24. The van der Waals surface area contributed by atoms with E-state index in [2.05, 4.69) is 231 Å². The van der Waals surface area contributed by atoms with Gasteiger partial charge in [0.05, 0.1) is 22.1 Å². The molecule has 14 aromatic carbocycles. The van der Waals surface area contributed by atoms with Gasteiger partial charge < -0.3 is 0 Å². The average molecular weight is 1080 g/mol. The number of hydrogen-bond donors (Lipinski definition) is 0. The first-order valence-corrected chi connectivity index (χ1v) is 29.4. The van der Waals surface area contributed by atoms with E-state index in [1.807, 2.05) is 35.1 Å². The van der Waals surface area contributed by atoms with Gasteiger partial charge in [-0.15, -0.1) is 22.7 Å². The monoisotopic (exact) mass is 1070 g/mol. The van der Waals surface area contributed by atoms with Crippen molar-refractivity contribution < 1.29 is 0 Å². The molecule has 0 fully saturated rings. The number of hydrogen-bond acceptors (Lipinski definition) is 6. The molecule has 4 nitrogen and oxygen atoms in total. The van der Waals surface area contributed by atoms with Crippen LogP contribution in [0.4, 0.5) is 0 Å². The van der Waals surface area contributed by atoms with Gasteiger partial charge >= 0.3 is 0 Å². The molecule has 6 heteroatoms. The maximum atomic E-state index is 5.11. The zero-order valence-electron chi connectivity index (χ0n) is 43.9. The van der Waals surface area contributed by atoms with Crippen LogP contribution >= 0.6 is 22.7 Å². The Labute approximate surface area is 477 Å². The number of rotatable bonds is 5. The standard InChI is InChI=1S/C76H42N4S2/c1-2-14-59-55(11-1)66-39-44(26-31-60(66)72-71(59)77-33-34-78-72)43-25-29-50-47(37-43)38-48(51-16-8-21-63-57-12-3-5-23-69(57)81-75(51)63)42-65(50)46-27-30-56-67-40-45(28-32-61(67)73-74(68(56)41-46)80-36-35-79-73)49-15-7-18-53-52(49)17-9-19-54(53)62-20-10-22-64-58-13-4-6-24-70(58)82-76(62)64/h1-42H. The lowest BCUT2D eigenvalue weighted by Gasteiger charge is -2.16. The molecule has 4 heterocycles. The summed E-state index contributed by atoms with van der Waals surface area (Å²) in [4.78, 5) is 19.8. The van der Waals surface area contributed by atoms with Gasteiger partial charge in [-0.1, -0.05) is 182 Å². The number of fused-ring (bicyclic) bond motifs is 20. The van der Waals surface area contributed by atoms with Crippen LogP contribution in [0.5, 0.6) is 0 Å². The van der Waals surface area contributed by atoms with Crippen LogP contribution in [0.25, 0.3) is 183 Å². The normalized spacial score (nSPS) is 12.1. The van der Waals surface area contributed by atoms with Gasteiger partial charge in [0.15, 0.2) is 0 Å². The summed E-state index contributed by atoms with van der Waals surface area (Å²) in [7, 11) is 0. The average Bonchev–Trinajstić information content (AvgIpc) is 3.91. The first kappa shape index (κ1) is 45.6. The van der Waals surface area contributed by atoms with Gasteiger partial charge in [-0.3, -0.25) is 19.9 Å². The first-order valence-electron chi connectivity index (χ1n) is 27.7. The van der Waals surface area contributed by atoms with Crippen LogP contribution in [0.2, 0.25) is 0 Å². The minimum absolute atomic E-state index is 0.894. The van der Waals surface area contributed by atoms with Gasteiger partial charge in [0.1, 0.15) is 0 Å². The maximum Gasteiger partial charge on any atom is 0.0971 e. The lowest BCUT2D eigenvalue weighted by molar-refractivity contribution is 1.31. The fourth-order valence-corrected chi connectivity index (χ4v) is 16.0. The summed E-state index contributed by atoms with van der Waals surface area (Å²) in [5, 5.41) is 19.0. The largest absolute Gasteiger partial charge is 0.252 e. The smallest absolute Gasteiger partial charge is 0.0971 e. The van der Waals surface area contributed by atoms with Crippen molar-refractivity contribution in [2.24, 2.45) is 0 Å². The highest BCUT2D eigenvalue weighted by Gasteiger charge is 2.20. The summed E-state index contributed by atoms with van der Waals surface area (Å²) >= 11 is 3.76. The van der Waals surface area contributed by atoms with Crippen LogP contribution in [0.3, 0.4) is 0 Å². The minimum atomic E-state index is 0.894. The quantitative estimate of drug-likeness (QED) is 0.161. The van der Waals surface area contributed by atoms with Gasteiger partial charge in [0.25, 0.3) is 0 Å². The Morgan fingerprint density at radius 3 is 1.27 bits per heavy atom. The Morgan fingerprint density at radius 1 is 0.207 bits per heavy atom. The molecule has 0 atom stereocenters. The summed E-state index contributed by atoms with van der Waals surface area (Å²) in [5.74, 6) is 0. The van der Waals surface area contributed by atoms with E-state index >= 15 is 0 Å². The topological polar surface area (TPSA) is 51.6 Å². The lowest BCUT2D eigenvalue weighted by atomic mass is 9.88. The van der Waals surface area contributed by atoms with E-state index in [1.165, 1.54) is 100 Å². The maximum absolute atomic E-state index is 5.11. The minimum Gasteiger partial charge on any atom is -0.252 e. The Hall–Kier alpha value is -10.2. The molecule has 18 rings (SSSR count). The van der Waals surface area contributed by atoms with Crippen LogP contribution in [-0.2, 0) is 0 Å². The number of aromatic nitrogens is 4. The highest BCUT2D eigenvalue weighted by atomic mass is 32.1. The molecule has 0 amide bonds. The van der Waals surface area contributed by atoms with E-state index in [9.17, 15) is 0 Å². The lowest BCUT2D eigenvalue weighted by Crippen LogP contribution is -1.92. The number of thiophene rings is 2. The molecule has 0 aliphatic carbocycles. The van der Waals surface area contributed by atoms with Crippen molar-refractivity contribution in [1.82, 2.24) is 19.9 Å². The number of benzene rings is 14. The van der Waals surface area contributed by atoms with E-state index in [4.69, 9.17) is 19.9 Å². The first-order chi connectivity index (χ1) is 40.6. The molecule has 0 aliphatic rings. The summed E-state index contributed by atoms with van der Waals surface area (Å²) in [6, 6.07) is 85.8. The second-order valence-electron chi connectivity index (χ2n) is 21.6. The van der Waals surface area contributed by atoms with Crippen LogP contribution in [-0.4, -0.2) is 19.9 Å². The Balaban J connectivity index is 0.827. The van der Waals surface area contributed by atoms with Crippen LogP contribution in [0.15, 0.2) is 255 Å². The SMILES string of the molecule is c1ccc2c(c1)sc1c(-c3cc(-c4ccc5c6cc(-c7cccc8c(-c9cccc%10c9sc9ccccc9%10)cccc78)ccc6c6nccnc6c5c4)c4ccc(-c5ccc6c(c5)c5ccccc5c5nccnc65)cc4c3)cccc12. The third-order valence-corrected chi connectivity index (χ3v) is 19.7. The van der Waals surface area contributed by atoms with Crippen LogP contribution < -0.4 is 0 Å². The molecular weight excluding hydrogens is 1030 g/mol. The van der Waals surface area contributed by atoms with E-state index in [0.717, 1.165) is 82.2 Å². The molecule has 0 N–H and O–H groups in total. The molecule has 0 unspecified atom stereocenters. The third kappa shape index (κ3) is 6.77. The fraction of sp³-hybridized carbons (Fsp3) is 0.